The molecule has 5 nitrogen and oxygen atoms in total. The molecule has 0 bridgehead atoms. The van der Waals surface area contributed by atoms with E-state index in [4.69, 9.17) is 9.47 Å². The molecule has 2 heterocycles. The number of nitrogens with zero attached hydrogens (tertiary/aromatic N) is 1. The fraction of sp³-hybridized carbons (Fsp3) is 0.350. The zero-order chi connectivity index (χ0) is 18.8. The molecule has 1 N–H and O–H groups in total. The molecular weight excluding hydrogens is 354 g/mol. The summed E-state index contributed by atoms with van der Waals surface area (Å²) in [6.45, 7) is 1.77. The lowest BCUT2D eigenvalue weighted by atomic mass is 10.0. The molecule has 0 radical (unpaired) electrons. The van der Waals surface area contributed by atoms with Crippen molar-refractivity contribution in [3.8, 4) is 11.5 Å². The largest absolute Gasteiger partial charge is 0.490 e. The van der Waals surface area contributed by atoms with Crippen LogP contribution in [0, 0.1) is 11.6 Å². The number of carbonyl (C=O) groups is 1. The Bertz CT molecular complexity index is 859. The zero-order valence-electron chi connectivity index (χ0n) is 14.7. The van der Waals surface area contributed by atoms with Crippen molar-refractivity contribution in [3.63, 3.8) is 0 Å². The molecule has 0 unspecified atom stereocenters. The summed E-state index contributed by atoms with van der Waals surface area (Å²) in [5, 5.41) is 2.54. The molecule has 1 atom stereocenters. The van der Waals surface area contributed by atoms with Gasteiger partial charge in [0.25, 0.3) is 0 Å². The van der Waals surface area contributed by atoms with Crippen molar-refractivity contribution in [2.45, 2.75) is 25.3 Å². The highest BCUT2D eigenvalue weighted by Gasteiger charge is 2.31. The minimum Gasteiger partial charge on any atom is -0.490 e. The molecule has 7 heteroatoms. The first kappa shape index (κ1) is 17.6. The van der Waals surface area contributed by atoms with E-state index in [2.05, 4.69) is 5.32 Å². The van der Waals surface area contributed by atoms with E-state index in [1.54, 1.807) is 4.90 Å². The Hall–Kier alpha value is -2.83. The molecule has 0 aromatic heterocycles. The lowest BCUT2D eigenvalue weighted by Crippen LogP contribution is -2.34. The monoisotopic (exact) mass is 374 g/mol. The highest BCUT2D eigenvalue weighted by atomic mass is 19.1. The van der Waals surface area contributed by atoms with Crippen LogP contribution in [0.4, 0.5) is 19.3 Å². The van der Waals surface area contributed by atoms with E-state index in [9.17, 15) is 13.6 Å². The van der Waals surface area contributed by atoms with Crippen molar-refractivity contribution >= 4 is 11.7 Å². The molecule has 2 aromatic rings. The summed E-state index contributed by atoms with van der Waals surface area (Å²) in [4.78, 5) is 14.3. The predicted molar refractivity (Wildman–Crippen MR) is 96.1 cm³/mol. The number of fused-ring (bicyclic) bond motifs is 1. The Balaban J connectivity index is 1.53. The van der Waals surface area contributed by atoms with Gasteiger partial charge < -0.3 is 19.7 Å². The van der Waals surface area contributed by atoms with Crippen LogP contribution in [0.1, 0.15) is 30.9 Å². The van der Waals surface area contributed by atoms with Gasteiger partial charge in [0, 0.05) is 19.0 Å². The first-order valence-electron chi connectivity index (χ1n) is 9.04. The second kappa shape index (κ2) is 7.42. The minimum absolute atomic E-state index is 0.0364. The number of amides is 2. The van der Waals surface area contributed by atoms with E-state index in [0.29, 0.717) is 31.3 Å². The Morgan fingerprint density at radius 3 is 2.67 bits per heavy atom. The van der Waals surface area contributed by atoms with Gasteiger partial charge in [-0.15, -0.1) is 0 Å². The van der Waals surface area contributed by atoms with Gasteiger partial charge in [-0.05, 0) is 42.7 Å². The van der Waals surface area contributed by atoms with Gasteiger partial charge in [-0.3, -0.25) is 0 Å². The predicted octanol–water partition coefficient (Wildman–Crippen LogP) is 4.50. The van der Waals surface area contributed by atoms with Crippen molar-refractivity contribution in [3.05, 3.63) is 53.6 Å². The number of urea groups is 1. The van der Waals surface area contributed by atoms with Crippen LogP contribution in [0.15, 0.2) is 36.4 Å². The third-order valence-electron chi connectivity index (χ3n) is 4.84. The van der Waals surface area contributed by atoms with Crippen LogP contribution < -0.4 is 14.8 Å². The fourth-order valence-corrected chi connectivity index (χ4v) is 3.52. The number of nitrogens with one attached hydrogen (secondary N) is 1. The summed E-state index contributed by atoms with van der Waals surface area (Å²) >= 11 is 0. The van der Waals surface area contributed by atoms with Gasteiger partial charge in [0.15, 0.2) is 11.5 Å². The van der Waals surface area contributed by atoms with Crippen LogP contribution >= 0.6 is 0 Å². The number of hydrogen-bond acceptors (Lipinski definition) is 3. The molecule has 2 aliphatic heterocycles. The Morgan fingerprint density at radius 1 is 1.04 bits per heavy atom. The number of halogens is 2. The number of anilines is 1. The van der Waals surface area contributed by atoms with Crippen molar-refractivity contribution in [2.75, 3.05) is 25.1 Å². The van der Waals surface area contributed by atoms with Gasteiger partial charge in [0.2, 0.25) is 0 Å². The molecule has 2 aliphatic rings. The fourth-order valence-electron chi connectivity index (χ4n) is 3.52. The molecule has 1 fully saturated rings. The third kappa shape index (κ3) is 3.67. The number of rotatable bonds is 2. The molecule has 0 saturated carbocycles. The highest BCUT2D eigenvalue weighted by molar-refractivity contribution is 5.90. The molecular formula is C20H20F2N2O3. The standard InChI is InChI=1S/C20H20F2N2O3/c21-14-5-6-16(15(22)12-14)23-20(25)24-8-1-3-17(24)13-4-7-18-19(11-13)27-10-2-9-26-18/h4-7,11-12,17H,1-3,8-10H2,(H,23,25)/t17-/m1/s1. The van der Waals surface area contributed by atoms with Crippen LogP contribution in [0.3, 0.4) is 0 Å². The number of benzene rings is 2. The van der Waals surface area contributed by atoms with Crippen molar-refractivity contribution in [1.82, 2.24) is 4.90 Å². The molecule has 2 aromatic carbocycles. The second-order valence-corrected chi connectivity index (χ2v) is 6.66. The number of ether oxygens (including phenoxy) is 2. The molecule has 2 amide bonds. The normalized spacial score (nSPS) is 18.9. The topological polar surface area (TPSA) is 50.8 Å². The quantitative estimate of drug-likeness (QED) is 0.842. The molecule has 0 spiro atoms. The van der Waals surface area contributed by atoms with Crippen LogP contribution in [0.2, 0.25) is 0 Å². The number of likely N-dealkylation sites (tertiary alicyclic amines) is 1. The summed E-state index contributed by atoms with van der Waals surface area (Å²) in [6, 6.07) is 8.26. The maximum Gasteiger partial charge on any atom is 0.322 e. The smallest absolute Gasteiger partial charge is 0.322 e. The molecule has 0 aliphatic carbocycles. The van der Waals surface area contributed by atoms with E-state index in [-0.39, 0.29) is 11.7 Å². The van der Waals surface area contributed by atoms with Crippen LogP contribution in [-0.2, 0) is 0 Å². The average Bonchev–Trinajstić information content (AvgIpc) is 3.03. The summed E-state index contributed by atoms with van der Waals surface area (Å²) in [7, 11) is 0. The van der Waals surface area contributed by atoms with Crippen LogP contribution in [0.25, 0.3) is 0 Å². The first-order chi connectivity index (χ1) is 13.1. The maximum atomic E-state index is 13.8. The lowest BCUT2D eigenvalue weighted by molar-refractivity contribution is 0.207. The maximum absolute atomic E-state index is 13.8. The van der Waals surface area contributed by atoms with Crippen molar-refractivity contribution in [1.29, 1.82) is 0 Å². The minimum atomic E-state index is -0.797. The summed E-state index contributed by atoms with van der Waals surface area (Å²) in [6.07, 6.45) is 2.47. The molecule has 27 heavy (non-hydrogen) atoms. The van der Waals surface area contributed by atoms with Gasteiger partial charge in [-0.25, -0.2) is 13.6 Å². The number of hydrogen-bond donors (Lipinski definition) is 1. The first-order valence-corrected chi connectivity index (χ1v) is 9.04. The van der Waals surface area contributed by atoms with E-state index < -0.39 is 17.7 Å². The average molecular weight is 374 g/mol. The number of carbonyl (C=O) groups excluding carboxylic acids is 1. The van der Waals surface area contributed by atoms with E-state index in [1.165, 1.54) is 6.07 Å². The molecule has 142 valence electrons. The van der Waals surface area contributed by atoms with Gasteiger partial charge >= 0.3 is 6.03 Å². The SMILES string of the molecule is O=C(Nc1ccc(F)cc1F)N1CCC[C@@H]1c1ccc2c(c1)OCCCO2. The summed E-state index contributed by atoms with van der Waals surface area (Å²) in [5.41, 5.74) is 0.914. The molecule has 1 saturated heterocycles. The Labute approximate surface area is 155 Å². The summed E-state index contributed by atoms with van der Waals surface area (Å²) in [5.74, 6) is -0.0908. The van der Waals surface area contributed by atoms with Crippen molar-refractivity contribution in [2.24, 2.45) is 0 Å². The summed E-state index contributed by atoms with van der Waals surface area (Å²) < 4.78 is 38.3. The van der Waals surface area contributed by atoms with E-state index >= 15 is 0 Å². The second-order valence-electron chi connectivity index (χ2n) is 6.66. The van der Waals surface area contributed by atoms with Gasteiger partial charge in [-0.2, -0.15) is 0 Å². The van der Waals surface area contributed by atoms with Crippen molar-refractivity contribution < 1.29 is 23.0 Å². The molecule has 4 rings (SSSR count). The van der Waals surface area contributed by atoms with Gasteiger partial charge in [-0.1, -0.05) is 6.07 Å². The van der Waals surface area contributed by atoms with Crippen LogP contribution in [0.5, 0.6) is 11.5 Å². The highest BCUT2D eigenvalue weighted by Crippen LogP contribution is 2.38. The van der Waals surface area contributed by atoms with E-state index in [0.717, 1.165) is 37.0 Å². The van der Waals surface area contributed by atoms with Crippen LogP contribution in [-0.4, -0.2) is 30.7 Å². The Kier molecular flexibility index (Phi) is 4.83. The lowest BCUT2D eigenvalue weighted by Gasteiger charge is -2.26. The van der Waals surface area contributed by atoms with E-state index in [1.807, 2.05) is 18.2 Å². The van der Waals surface area contributed by atoms with Gasteiger partial charge in [0.05, 0.1) is 24.9 Å². The zero-order valence-corrected chi connectivity index (χ0v) is 14.7. The third-order valence-corrected chi connectivity index (χ3v) is 4.84. The Morgan fingerprint density at radius 2 is 1.85 bits per heavy atom. The van der Waals surface area contributed by atoms with Gasteiger partial charge in [0.1, 0.15) is 11.6 Å².